The number of rotatable bonds is 5. The maximum absolute atomic E-state index is 13.2. The summed E-state index contributed by atoms with van der Waals surface area (Å²) in [4.78, 5) is 25.3. The van der Waals surface area contributed by atoms with E-state index in [2.05, 4.69) is 36.7 Å². The normalized spacial score (nSPS) is 17.1. The molecule has 8 nitrogen and oxygen atoms in total. The molecule has 5 aromatic rings. The first-order valence-corrected chi connectivity index (χ1v) is 14.3. The lowest BCUT2D eigenvalue weighted by Gasteiger charge is -2.40. The predicted octanol–water partition coefficient (Wildman–Crippen LogP) is 6.02. The first-order valence-electron chi connectivity index (χ1n) is 14.3. The molecule has 0 bridgehead atoms. The molecule has 204 valence electrons. The molecule has 40 heavy (non-hydrogen) atoms. The molecule has 2 fully saturated rings. The largest absolute Gasteiger partial charge is 0.494 e. The number of nitrogens with zero attached hydrogens (tertiary/aromatic N) is 4. The summed E-state index contributed by atoms with van der Waals surface area (Å²) in [6, 6.07) is 18.5. The van der Waals surface area contributed by atoms with Crippen LogP contribution in [-0.4, -0.2) is 67.4 Å². The number of hydrogen-bond donors (Lipinski definition) is 3. The van der Waals surface area contributed by atoms with Crippen molar-refractivity contribution in [2.24, 2.45) is 0 Å². The third-order valence-electron chi connectivity index (χ3n) is 8.59. The van der Waals surface area contributed by atoms with Crippen LogP contribution in [0.5, 0.6) is 5.88 Å². The first-order chi connectivity index (χ1) is 19.6. The van der Waals surface area contributed by atoms with Crippen LogP contribution in [0.2, 0.25) is 0 Å². The van der Waals surface area contributed by atoms with Crippen LogP contribution in [0.15, 0.2) is 73.2 Å². The fourth-order valence-corrected chi connectivity index (χ4v) is 6.38. The molecule has 0 aliphatic carbocycles. The second-order valence-electron chi connectivity index (χ2n) is 11.0. The molecule has 0 radical (unpaired) electrons. The second kappa shape index (κ2) is 10.4. The van der Waals surface area contributed by atoms with E-state index in [1.807, 2.05) is 53.6 Å². The Hall–Kier alpha value is -4.30. The summed E-state index contributed by atoms with van der Waals surface area (Å²) in [6.45, 7) is 4.11. The van der Waals surface area contributed by atoms with Gasteiger partial charge in [-0.05, 0) is 92.9 Å². The number of hydrogen-bond acceptors (Lipinski definition) is 5. The summed E-state index contributed by atoms with van der Waals surface area (Å²) in [7, 11) is 0. The molecule has 0 saturated carbocycles. The fraction of sp³-hybridized carbons (Fsp3) is 0.312. The van der Waals surface area contributed by atoms with Crippen molar-refractivity contribution in [3.8, 4) is 17.1 Å². The predicted molar refractivity (Wildman–Crippen MR) is 158 cm³/mol. The number of pyridine rings is 1. The van der Waals surface area contributed by atoms with Crippen molar-refractivity contribution >= 4 is 33.7 Å². The highest BCUT2D eigenvalue weighted by Crippen LogP contribution is 2.32. The van der Waals surface area contributed by atoms with Gasteiger partial charge in [0.05, 0.1) is 11.4 Å². The van der Waals surface area contributed by atoms with E-state index < -0.39 is 0 Å². The van der Waals surface area contributed by atoms with Gasteiger partial charge in [-0.2, -0.15) is 0 Å². The van der Waals surface area contributed by atoms with Crippen LogP contribution in [0, 0.1) is 0 Å². The topological polar surface area (TPSA) is 88.9 Å². The van der Waals surface area contributed by atoms with Crippen LogP contribution < -0.4 is 5.32 Å². The zero-order chi connectivity index (χ0) is 27.1. The maximum atomic E-state index is 13.2. The van der Waals surface area contributed by atoms with Gasteiger partial charge in [-0.1, -0.05) is 12.5 Å². The average molecular weight is 535 g/mol. The number of fused-ring (bicyclic) bond motifs is 2. The van der Waals surface area contributed by atoms with Gasteiger partial charge in [-0.25, -0.2) is 4.98 Å². The van der Waals surface area contributed by atoms with Gasteiger partial charge in [0.2, 0.25) is 0 Å². The highest BCUT2D eigenvalue weighted by Gasteiger charge is 2.28. The van der Waals surface area contributed by atoms with E-state index in [4.69, 9.17) is 0 Å². The molecule has 0 unspecified atom stereocenters. The smallest absolute Gasteiger partial charge is 0.253 e. The van der Waals surface area contributed by atoms with Gasteiger partial charge >= 0.3 is 0 Å². The molecule has 2 aromatic carbocycles. The van der Waals surface area contributed by atoms with E-state index in [0.717, 1.165) is 70.5 Å². The monoisotopic (exact) mass is 534 g/mol. The summed E-state index contributed by atoms with van der Waals surface area (Å²) in [6.07, 6.45) is 11.7. The van der Waals surface area contributed by atoms with Crippen LogP contribution in [0.4, 0.5) is 11.4 Å². The summed E-state index contributed by atoms with van der Waals surface area (Å²) in [5.41, 5.74) is 5.37. The van der Waals surface area contributed by atoms with Crippen molar-refractivity contribution in [3.63, 3.8) is 0 Å². The number of H-pyrrole nitrogens is 1. The van der Waals surface area contributed by atoms with Crippen molar-refractivity contribution in [3.05, 3.63) is 78.8 Å². The molecule has 2 saturated heterocycles. The quantitative estimate of drug-likeness (QED) is 0.257. The maximum Gasteiger partial charge on any atom is 0.253 e. The van der Waals surface area contributed by atoms with Crippen molar-refractivity contribution in [2.75, 3.05) is 31.5 Å². The lowest BCUT2D eigenvalue weighted by molar-refractivity contribution is 0.0590. The Kier molecular flexibility index (Phi) is 6.40. The lowest BCUT2D eigenvalue weighted by atomic mass is 9.99. The Labute approximate surface area is 233 Å². The number of likely N-dealkylation sites (tertiary alicyclic amines) is 2. The van der Waals surface area contributed by atoms with E-state index in [1.165, 1.54) is 32.4 Å². The number of piperidine rings is 2. The molecule has 1 amide bonds. The lowest BCUT2D eigenvalue weighted by Crippen LogP contribution is -2.48. The van der Waals surface area contributed by atoms with Gasteiger partial charge in [0.25, 0.3) is 5.91 Å². The number of aromatic amines is 1. The minimum atomic E-state index is 0.122. The highest BCUT2D eigenvalue weighted by atomic mass is 16.3. The van der Waals surface area contributed by atoms with Crippen LogP contribution in [0.25, 0.3) is 27.7 Å². The Bertz CT molecular complexity index is 1660. The molecule has 3 aromatic heterocycles. The van der Waals surface area contributed by atoms with Gasteiger partial charge < -0.3 is 25.2 Å². The standard InChI is InChI=1S/C32H34N6O2/c39-31-27-9-6-23(20-24(27)21-34-31)29-11-10-28(30-33-14-19-38(29)30)35-25-7-4-22(5-8-25)32(40)37-17-12-26(13-18-37)36-15-2-1-3-16-36/h4-11,14,19-21,26,34-35,39H,1-3,12-13,15-18H2. The molecule has 2 aliphatic heterocycles. The first kappa shape index (κ1) is 24.7. The zero-order valence-corrected chi connectivity index (χ0v) is 22.5. The summed E-state index contributed by atoms with van der Waals surface area (Å²) in [5, 5.41) is 15.2. The number of carbonyl (C=O) groups is 1. The third kappa shape index (κ3) is 4.58. The number of aromatic nitrogens is 3. The average Bonchev–Trinajstić information content (AvgIpc) is 3.65. The van der Waals surface area contributed by atoms with Crippen molar-refractivity contribution in [2.45, 2.75) is 38.1 Å². The number of benzene rings is 2. The van der Waals surface area contributed by atoms with E-state index in [0.29, 0.717) is 6.04 Å². The van der Waals surface area contributed by atoms with Crippen molar-refractivity contribution in [1.29, 1.82) is 0 Å². The molecule has 3 N–H and O–H groups in total. The van der Waals surface area contributed by atoms with Crippen LogP contribution in [0.3, 0.4) is 0 Å². The highest BCUT2D eigenvalue weighted by molar-refractivity contribution is 5.95. The number of anilines is 2. The molecule has 5 heterocycles. The molecular formula is C32H34N6O2. The molecule has 0 spiro atoms. The Morgan fingerprint density at radius 1 is 0.950 bits per heavy atom. The second-order valence-corrected chi connectivity index (χ2v) is 11.0. The fourth-order valence-electron chi connectivity index (χ4n) is 6.38. The molecule has 7 rings (SSSR count). The summed E-state index contributed by atoms with van der Waals surface area (Å²) >= 11 is 0. The number of imidazole rings is 1. The summed E-state index contributed by atoms with van der Waals surface area (Å²) < 4.78 is 2.06. The van der Waals surface area contributed by atoms with Gasteiger partial charge in [-0.3, -0.25) is 9.20 Å². The Balaban J connectivity index is 1.04. The zero-order valence-electron chi connectivity index (χ0n) is 22.5. The Morgan fingerprint density at radius 3 is 2.55 bits per heavy atom. The van der Waals surface area contributed by atoms with Gasteiger partial charge in [0.15, 0.2) is 11.5 Å². The van der Waals surface area contributed by atoms with Gasteiger partial charge in [-0.15, -0.1) is 0 Å². The van der Waals surface area contributed by atoms with E-state index in [1.54, 1.807) is 12.4 Å². The van der Waals surface area contributed by atoms with Crippen molar-refractivity contribution in [1.82, 2.24) is 24.2 Å². The molecular weight excluding hydrogens is 500 g/mol. The van der Waals surface area contributed by atoms with E-state index >= 15 is 0 Å². The number of nitrogens with one attached hydrogen (secondary N) is 2. The minimum Gasteiger partial charge on any atom is -0.494 e. The van der Waals surface area contributed by atoms with Crippen LogP contribution in [0.1, 0.15) is 42.5 Å². The number of aromatic hydroxyl groups is 1. The van der Waals surface area contributed by atoms with Crippen LogP contribution in [-0.2, 0) is 0 Å². The third-order valence-corrected chi connectivity index (χ3v) is 8.59. The molecule has 8 heteroatoms. The van der Waals surface area contributed by atoms with Crippen LogP contribution >= 0.6 is 0 Å². The van der Waals surface area contributed by atoms with E-state index in [-0.39, 0.29) is 11.8 Å². The minimum absolute atomic E-state index is 0.122. The van der Waals surface area contributed by atoms with Crippen molar-refractivity contribution < 1.29 is 9.90 Å². The van der Waals surface area contributed by atoms with Gasteiger partial charge in [0.1, 0.15) is 0 Å². The molecule has 2 aliphatic rings. The number of carbonyl (C=O) groups excluding carboxylic acids is 1. The SMILES string of the molecule is O=C(c1ccc(Nc2ccc(-c3ccc4c(O)[nH]cc4c3)n3ccnc23)cc1)N1CCC(N2CCCCC2)CC1. The molecule has 0 atom stereocenters. The summed E-state index contributed by atoms with van der Waals surface area (Å²) in [5.74, 6) is 0.301. The Morgan fingerprint density at radius 2 is 1.75 bits per heavy atom. The van der Waals surface area contributed by atoms with Gasteiger partial charge in [0, 0.05) is 59.7 Å². The number of amides is 1. The van der Waals surface area contributed by atoms with E-state index in [9.17, 15) is 9.90 Å².